The first-order valence-electron chi connectivity index (χ1n) is 10.6. The molecule has 0 aliphatic carbocycles. The van der Waals surface area contributed by atoms with Crippen molar-refractivity contribution in [3.63, 3.8) is 0 Å². The first-order chi connectivity index (χ1) is 16.8. The number of nitro groups is 1. The Balaban J connectivity index is 1.72. The normalized spacial score (nSPS) is 15.3. The molecule has 1 saturated heterocycles. The maximum Gasteiger partial charge on any atom is 0.338 e. The molecule has 4 rings (SSSR count). The predicted molar refractivity (Wildman–Crippen MR) is 126 cm³/mol. The number of para-hydroxylation sites is 1. The average Bonchev–Trinajstić information content (AvgIpc) is 3.30. The number of rotatable bonds is 7. The van der Waals surface area contributed by atoms with Crippen molar-refractivity contribution in [3.05, 3.63) is 87.7 Å². The Hall–Kier alpha value is -4.57. The summed E-state index contributed by atoms with van der Waals surface area (Å²) in [6, 6.07) is 15.1. The third kappa shape index (κ3) is 4.59. The minimum Gasteiger partial charge on any atom is -0.457 e. The highest BCUT2D eigenvalue weighted by atomic mass is 16.6. The number of hydrogen-bond acceptors (Lipinski definition) is 7. The van der Waals surface area contributed by atoms with Gasteiger partial charge in [-0.2, -0.15) is 0 Å². The van der Waals surface area contributed by atoms with Gasteiger partial charge in [0.2, 0.25) is 0 Å². The summed E-state index contributed by atoms with van der Waals surface area (Å²) in [4.78, 5) is 51.8. The van der Waals surface area contributed by atoms with E-state index in [1.54, 1.807) is 55.5 Å². The zero-order chi connectivity index (χ0) is 25.1. The van der Waals surface area contributed by atoms with Crippen molar-refractivity contribution in [1.82, 2.24) is 4.90 Å². The molecule has 1 aliphatic rings. The Morgan fingerprint density at radius 1 is 1.03 bits per heavy atom. The number of urea groups is 1. The summed E-state index contributed by atoms with van der Waals surface area (Å²) >= 11 is 0. The van der Waals surface area contributed by atoms with Crippen molar-refractivity contribution in [2.45, 2.75) is 6.92 Å². The van der Waals surface area contributed by atoms with Gasteiger partial charge in [-0.05, 0) is 48.9 Å². The Labute approximate surface area is 200 Å². The number of nitro benzene ring substituents is 1. The standard InChI is InChI=1S/C25H21N3O7/c1-16-14-18(28(32)33)8-10-20(16)22-11-9-19(35-22)15-21-23(29)26(12-13-34-2)25(31)27(24(21)30)17-6-4-3-5-7-17/h3-11,14-15H,12-13H2,1-2H3. The fraction of sp³-hybridized carbons (Fsp3) is 0.160. The molecule has 178 valence electrons. The Morgan fingerprint density at radius 3 is 2.43 bits per heavy atom. The predicted octanol–water partition coefficient (Wildman–Crippen LogP) is 4.19. The lowest BCUT2D eigenvalue weighted by Gasteiger charge is -2.33. The monoisotopic (exact) mass is 475 g/mol. The van der Waals surface area contributed by atoms with E-state index in [1.807, 2.05) is 0 Å². The van der Waals surface area contributed by atoms with Gasteiger partial charge in [-0.3, -0.25) is 24.6 Å². The van der Waals surface area contributed by atoms with Crippen LogP contribution in [0.5, 0.6) is 0 Å². The number of ether oxygens (including phenoxy) is 1. The van der Waals surface area contributed by atoms with Crippen LogP contribution in [-0.4, -0.2) is 47.9 Å². The van der Waals surface area contributed by atoms with Gasteiger partial charge in [0.25, 0.3) is 17.5 Å². The van der Waals surface area contributed by atoms with Crippen LogP contribution in [0.1, 0.15) is 11.3 Å². The molecular weight excluding hydrogens is 454 g/mol. The maximum atomic E-state index is 13.3. The summed E-state index contributed by atoms with van der Waals surface area (Å²) < 4.78 is 10.9. The van der Waals surface area contributed by atoms with Crippen LogP contribution >= 0.6 is 0 Å². The van der Waals surface area contributed by atoms with Gasteiger partial charge in [0.1, 0.15) is 17.1 Å². The molecule has 0 spiro atoms. The molecule has 0 saturated carbocycles. The number of aryl methyl sites for hydroxylation is 1. The summed E-state index contributed by atoms with van der Waals surface area (Å²) in [6.07, 6.45) is 1.29. The van der Waals surface area contributed by atoms with Crippen molar-refractivity contribution in [2.75, 3.05) is 25.2 Å². The zero-order valence-electron chi connectivity index (χ0n) is 19.0. The van der Waals surface area contributed by atoms with Gasteiger partial charge in [0, 0.05) is 24.8 Å². The highest BCUT2D eigenvalue weighted by molar-refractivity contribution is 6.39. The quantitative estimate of drug-likeness (QED) is 0.217. The molecule has 3 aromatic rings. The van der Waals surface area contributed by atoms with Gasteiger partial charge in [-0.25, -0.2) is 9.69 Å². The largest absolute Gasteiger partial charge is 0.457 e. The number of amides is 4. The van der Waals surface area contributed by atoms with E-state index >= 15 is 0 Å². The number of methoxy groups -OCH3 is 1. The van der Waals surface area contributed by atoms with E-state index in [4.69, 9.17) is 9.15 Å². The van der Waals surface area contributed by atoms with E-state index in [-0.39, 0.29) is 30.2 Å². The molecule has 0 radical (unpaired) electrons. The van der Waals surface area contributed by atoms with E-state index < -0.39 is 22.8 Å². The Bertz CT molecular complexity index is 1340. The number of non-ortho nitro benzene ring substituents is 1. The fourth-order valence-electron chi connectivity index (χ4n) is 3.72. The van der Waals surface area contributed by atoms with Gasteiger partial charge in [-0.1, -0.05) is 18.2 Å². The molecule has 1 aliphatic heterocycles. The number of anilines is 1. The molecule has 4 amide bonds. The van der Waals surface area contributed by atoms with E-state index in [0.29, 0.717) is 22.6 Å². The number of carbonyl (C=O) groups excluding carboxylic acids is 3. The molecule has 2 aromatic carbocycles. The first-order valence-corrected chi connectivity index (χ1v) is 10.6. The summed E-state index contributed by atoms with van der Waals surface area (Å²) in [5.74, 6) is -0.909. The molecular formula is C25H21N3O7. The number of hydrogen-bond donors (Lipinski definition) is 0. The van der Waals surface area contributed by atoms with Crippen LogP contribution in [0.15, 0.2) is 70.7 Å². The average molecular weight is 475 g/mol. The van der Waals surface area contributed by atoms with Crippen molar-refractivity contribution in [2.24, 2.45) is 0 Å². The van der Waals surface area contributed by atoms with Gasteiger partial charge < -0.3 is 9.15 Å². The number of benzene rings is 2. The molecule has 10 nitrogen and oxygen atoms in total. The Kier molecular flexibility index (Phi) is 6.56. The highest BCUT2D eigenvalue weighted by Crippen LogP contribution is 2.30. The van der Waals surface area contributed by atoms with Crippen LogP contribution in [-0.2, 0) is 14.3 Å². The molecule has 35 heavy (non-hydrogen) atoms. The van der Waals surface area contributed by atoms with E-state index in [2.05, 4.69) is 0 Å². The Morgan fingerprint density at radius 2 is 1.77 bits per heavy atom. The van der Waals surface area contributed by atoms with Crippen molar-refractivity contribution >= 4 is 35.3 Å². The van der Waals surface area contributed by atoms with Crippen LogP contribution in [0, 0.1) is 17.0 Å². The number of carbonyl (C=O) groups is 3. The van der Waals surface area contributed by atoms with E-state index in [9.17, 15) is 24.5 Å². The molecule has 0 bridgehead atoms. The molecule has 0 atom stereocenters. The summed E-state index contributed by atoms with van der Waals surface area (Å²) in [7, 11) is 1.44. The third-order valence-electron chi connectivity index (χ3n) is 5.46. The third-order valence-corrected chi connectivity index (χ3v) is 5.46. The number of nitrogens with zero attached hydrogens (tertiary/aromatic N) is 3. The minimum atomic E-state index is -0.774. The fourth-order valence-corrected chi connectivity index (χ4v) is 3.72. The minimum absolute atomic E-state index is 0.0342. The lowest BCUT2D eigenvalue weighted by Crippen LogP contribution is -2.57. The van der Waals surface area contributed by atoms with Crippen LogP contribution in [0.25, 0.3) is 17.4 Å². The topological polar surface area (TPSA) is 123 Å². The highest BCUT2D eigenvalue weighted by Gasteiger charge is 2.42. The van der Waals surface area contributed by atoms with Crippen LogP contribution in [0.2, 0.25) is 0 Å². The van der Waals surface area contributed by atoms with Crippen molar-refractivity contribution < 1.29 is 28.5 Å². The molecule has 0 unspecified atom stereocenters. The van der Waals surface area contributed by atoms with E-state index in [1.165, 1.54) is 25.3 Å². The smallest absolute Gasteiger partial charge is 0.338 e. The van der Waals surface area contributed by atoms with Crippen molar-refractivity contribution in [3.8, 4) is 11.3 Å². The van der Waals surface area contributed by atoms with E-state index in [0.717, 1.165) is 9.80 Å². The molecule has 1 fully saturated rings. The van der Waals surface area contributed by atoms with Gasteiger partial charge in [-0.15, -0.1) is 0 Å². The van der Waals surface area contributed by atoms with Gasteiger partial charge >= 0.3 is 6.03 Å². The molecule has 2 heterocycles. The van der Waals surface area contributed by atoms with Crippen molar-refractivity contribution in [1.29, 1.82) is 0 Å². The lowest BCUT2D eigenvalue weighted by atomic mass is 10.1. The first kappa shape index (κ1) is 23.6. The summed E-state index contributed by atoms with van der Waals surface area (Å²) in [5.41, 5.74) is 1.30. The molecule has 1 aromatic heterocycles. The van der Waals surface area contributed by atoms with Gasteiger partial charge in [0.15, 0.2) is 0 Å². The molecule has 0 N–H and O–H groups in total. The second-order valence-electron chi connectivity index (χ2n) is 7.72. The van der Waals surface area contributed by atoms with Gasteiger partial charge in [0.05, 0.1) is 23.8 Å². The SMILES string of the molecule is COCCN1C(=O)C(=Cc2ccc(-c3ccc([N+](=O)[O-])cc3C)o2)C(=O)N(c2ccccc2)C1=O. The van der Waals surface area contributed by atoms with Crippen LogP contribution < -0.4 is 4.90 Å². The lowest BCUT2D eigenvalue weighted by molar-refractivity contribution is -0.384. The summed E-state index contributed by atoms with van der Waals surface area (Å²) in [6.45, 7) is 1.79. The summed E-state index contributed by atoms with van der Waals surface area (Å²) in [5, 5.41) is 11.0. The second kappa shape index (κ2) is 9.74. The number of furan rings is 1. The number of barbiturate groups is 1. The van der Waals surface area contributed by atoms with Crippen LogP contribution in [0.3, 0.4) is 0 Å². The maximum absolute atomic E-state index is 13.3. The molecule has 10 heteroatoms. The zero-order valence-corrected chi connectivity index (χ0v) is 19.0. The number of imide groups is 2. The van der Waals surface area contributed by atoms with Crippen LogP contribution in [0.4, 0.5) is 16.2 Å². The second-order valence-corrected chi connectivity index (χ2v) is 7.72.